The summed E-state index contributed by atoms with van der Waals surface area (Å²) in [6.07, 6.45) is 0.867. The zero-order chi connectivity index (χ0) is 21.4. The highest BCUT2D eigenvalue weighted by Gasteiger charge is 2.21. The Labute approximate surface area is 169 Å². The summed E-state index contributed by atoms with van der Waals surface area (Å²) in [5, 5.41) is 10.5. The summed E-state index contributed by atoms with van der Waals surface area (Å²) in [6, 6.07) is 8.91. The van der Waals surface area contributed by atoms with E-state index in [0.29, 0.717) is 17.1 Å². The molecule has 0 saturated carbocycles. The average molecular weight is 402 g/mol. The second-order valence-corrected chi connectivity index (χ2v) is 7.32. The molecule has 2 rings (SSSR count). The van der Waals surface area contributed by atoms with E-state index in [1.54, 1.807) is 64.1 Å². The van der Waals surface area contributed by atoms with Crippen LogP contribution in [0.1, 0.15) is 33.5 Å². The monoisotopic (exact) mass is 402 g/mol. The van der Waals surface area contributed by atoms with Crippen molar-refractivity contribution in [2.75, 3.05) is 10.6 Å². The fraction of sp³-hybridized carbons (Fsp3) is 0.350. The third-order valence-corrected chi connectivity index (χ3v) is 3.54. The first-order valence-electron chi connectivity index (χ1n) is 9.10. The quantitative estimate of drug-likeness (QED) is 0.590. The second-order valence-electron chi connectivity index (χ2n) is 7.32. The first-order valence-corrected chi connectivity index (χ1v) is 9.10. The highest BCUT2D eigenvalue weighted by Crippen LogP contribution is 2.14. The molecule has 0 fully saturated rings. The first kappa shape index (κ1) is 21.8. The van der Waals surface area contributed by atoms with Gasteiger partial charge in [-0.15, -0.1) is 0 Å². The highest BCUT2D eigenvalue weighted by molar-refractivity contribution is 5.96. The van der Waals surface area contributed by atoms with Gasteiger partial charge in [0, 0.05) is 11.4 Å². The molecule has 4 amide bonds. The number of amides is 4. The van der Waals surface area contributed by atoms with Crippen molar-refractivity contribution in [2.45, 2.75) is 45.9 Å². The second kappa shape index (κ2) is 9.63. The zero-order valence-corrected chi connectivity index (χ0v) is 16.9. The van der Waals surface area contributed by atoms with E-state index in [4.69, 9.17) is 9.15 Å². The number of hydrogen-bond donors (Lipinski definition) is 4. The van der Waals surface area contributed by atoms with Gasteiger partial charge in [0.25, 0.3) is 0 Å². The lowest BCUT2D eigenvalue weighted by atomic mass is 10.2. The Hall–Kier alpha value is -3.49. The molecule has 0 aliphatic rings. The number of rotatable bonds is 6. The Morgan fingerprint density at radius 1 is 1.03 bits per heavy atom. The molecule has 4 N–H and O–H groups in total. The molecule has 0 saturated heterocycles. The number of carbonyl (C=O) groups is 3. The van der Waals surface area contributed by atoms with Crippen LogP contribution in [0.15, 0.2) is 47.1 Å². The number of furan rings is 1. The van der Waals surface area contributed by atoms with Crippen LogP contribution in [0.3, 0.4) is 0 Å². The molecular weight excluding hydrogens is 376 g/mol. The summed E-state index contributed by atoms with van der Waals surface area (Å²) in [5.74, 6) is 0.250. The van der Waals surface area contributed by atoms with E-state index in [0.717, 1.165) is 0 Å². The van der Waals surface area contributed by atoms with Crippen molar-refractivity contribution in [3.05, 3.63) is 48.4 Å². The fourth-order valence-electron chi connectivity index (χ4n) is 2.19. The van der Waals surface area contributed by atoms with Crippen LogP contribution in [-0.4, -0.2) is 29.7 Å². The van der Waals surface area contributed by atoms with Gasteiger partial charge in [0.2, 0.25) is 5.91 Å². The number of alkyl carbamates (subject to hydrolysis) is 1. The largest absolute Gasteiger partial charge is 0.467 e. The summed E-state index contributed by atoms with van der Waals surface area (Å²) in [5.41, 5.74) is 0.433. The van der Waals surface area contributed by atoms with E-state index in [1.807, 2.05) is 0 Å². The Bertz CT molecular complexity index is 826. The van der Waals surface area contributed by atoms with E-state index in [2.05, 4.69) is 21.3 Å². The molecule has 0 aliphatic carbocycles. The van der Waals surface area contributed by atoms with Crippen LogP contribution >= 0.6 is 0 Å². The lowest BCUT2D eigenvalue weighted by molar-refractivity contribution is -0.117. The smallest absolute Gasteiger partial charge is 0.408 e. The molecule has 0 radical (unpaired) electrons. The number of anilines is 2. The van der Waals surface area contributed by atoms with Crippen molar-refractivity contribution in [3.63, 3.8) is 0 Å². The number of ether oxygens (including phenoxy) is 1. The molecule has 1 aromatic heterocycles. The summed E-state index contributed by atoms with van der Waals surface area (Å²) < 4.78 is 10.3. The standard InChI is InChI=1S/C20H26N4O5/c1-13(22-19(27)29-20(2,3)4)17(25)23-14-7-9-15(10-8-14)24-18(26)21-12-16-6-5-11-28-16/h5-11,13H,12H2,1-4H3,(H,22,27)(H,23,25)(H2,21,24,26). The normalized spacial score (nSPS) is 11.9. The molecule has 1 atom stereocenters. The number of benzene rings is 1. The Morgan fingerprint density at radius 3 is 2.21 bits per heavy atom. The minimum Gasteiger partial charge on any atom is -0.467 e. The van der Waals surface area contributed by atoms with E-state index >= 15 is 0 Å². The molecule has 9 heteroatoms. The molecule has 0 spiro atoms. The summed E-state index contributed by atoms with van der Waals surface area (Å²) in [7, 11) is 0. The van der Waals surface area contributed by atoms with Gasteiger partial charge in [-0.3, -0.25) is 4.79 Å². The summed E-state index contributed by atoms with van der Waals surface area (Å²) in [4.78, 5) is 35.8. The number of hydrogen-bond acceptors (Lipinski definition) is 5. The Kier molecular flexibility index (Phi) is 7.24. The van der Waals surface area contributed by atoms with Crippen LogP contribution < -0.4 is 21.3 Å². The van der Waals surface area contributed by atoms with Crippen LogP contribution in [0.5, 0.6) is 0 Å². The molecule has 1 aromatic carbocycles. The lowest BCUT2D eigenvalue weighted by Gasteiger charge is -2.21. The predicted molar refractivity (Wildman–Crippen MR) is 108 cm³/mol. The van der Waals surface area contributed by atoms with Gasteiger partial charge in [0.15, 0.2) is 0 Å². The van der Waals surface area contributed by atoms with Gasteiger partial charge in [-0.25, -0.2) is 9.59 Å². The van der Waals surface area contributed by atoms with Crippen LogP contribution in [0.2, 0.25) is 0 Å². The van der Waals surface area contributed by atoms with Crippen molar-refractivity contribution in [3.8, 4) is 0 Å². The van der Waals surface area contributed by atoms with Gasteiger partial charge < -0.3 is 30.4 Å². The van der Waals surface area contributed by atoms with Crippen molar-refractivity contribution >= 4 is 29.4 Å². The minimum absolute atomic E-state index is 0.273. The first-order chi connectivity index (χ1) is 13.6. The molecule has 2 aromatic rings. The molecule has 1 heterocycles. The maximum absolute atomic E-state index is 12.2. The molecule has 0 bridgehead atoms. The SMILES string of the molecule is CC(NC(=O)OC(C)(C)C)C(=O)Nc1ccc(NC(=O)NCc2ccco2)cc1. The average Bonchev–Trinajstić information content (AvgIpc) is 3.13. The summed E-state index contributed by atoms with van der Waals surface area (Å²) in [6.45, 7) is 7.05. The van der Waals surface area contributed by atoms with Crippen LogP contribution in [-0.2, 0) is 16.1 Å². The van der Waals surface area contributed by atoms with Crippen molar-refractivity contribution in [1.82, 2.24) is 10.6 Å². The van der Waals surface area contributed by atoms with Gasteiger partial charge in [0.1, 0.15) is 17.4 Å². The third-order valence-electron chi connectivity index (χ3n) is 3.54. The number of carbonyl (C=O) groups excluding carboxylic acids is 3. The molecule has 29 heavy (non-hydrogen) atoms. The van der Waals surface area contributed by atoms with Crippen molar-refractivity contribution in [2.24, 2.45) is 0 Å². The molecule has 1 unspecified atom stereocenters. The topological polar surface area (TPSA) is 122 Å². The van der Waals surface area contributed by atoms with Crippen molar-refractivity contribution in [1.29, 1.82) is 0 Å². The number of urea groups is 1. The third kappa shape index (κ3) is 7.96. The van der Waals surface area contributed by atoms with Crippen LogP contribution in [0.4, 0.5) is 21.0 Å². The van der Waals surface area contributed by atoms with Gasteiger partial charge in [0.05, 0.1) is 12.8 Å². The highest BCUT2D eigenvalue weighted by atomic mass is 16.6. The maximum atomic E-state index is 12.2. The van der Waals surface area contributed by atoms with E-state index in [9.17, 15) is 14.4 Å². The number of nitrogens with one attached hydrogen (secondary N) is 4. The molecule has 0 aliphatic heterocycles. The van der Waals surface area contributed by atoms with E-state index in [-0.39, 0.29) is 12.6 Å². The Morgan fingerprint density at radius 2 is 1.66 bits per heavy atom. The minimum atomic E-state index is -0.782. The molecule has 156 valence electrons. The molecule has 9 nitrogen and oxygen atoms in total. The van der Waals surface area contributed by atoms with Gasteiger partial charge in [-0.2, -0.15) is 0 Å². The van der Waals surface area contributed by atoms with Crippen molar-refractivity contribution < 1.29 is 23.5 Å². The van der Waals surface area contributed by atoms with Crippen LogP contribution in [0.25, 0.3) is 0 Å². The zero-order valence-electron chi connectivity index (χ0n) is 16.9. The Balaban J connectivity index is 1.79. The predicted octanol–water partition coefficient (Wildman–Crippen LogP) is 3.45. The van der Waals surface area contributed by atoms with Gasteiger partial charge in [-0.1, -0.05) is 0 Å². The fourth-order valence-corrected chi connectivity index (χ4v) is 2.19. The lowest BCUT2D eigenvalue weighted by Crippen LogP contribution is -2.43. The van der Waals surface area contributed by atoms with E-state index < -0.39 is 23.6 Å². The van der Waals surface area contributed by atoms with Gasteiger partial charge in [-0.05, 0) is 64.1 Å². The maximum Gasteiger partial charge on any atom is 0.408 e. The van der Waals surface area contributed by atoms with Gasteiger partial charge >= 0.3 is 12.1 Å². The summed E-state index contributed by atoms with van der Waals surface area (Å²) >= 11 is 0. The van der Waals surface area contributed by atoms with E-state index in [1.165, 1.54) is 6.26 Å². The molecular formula is C20H26N4O5. The van der Waals surface area contributed by atoms with Crippen LogP contribution in [0, 0.1) is 0 Å².